The Kier molecular flexibility index (Phi) is 7.24. The zero-order valence-corrected chi connectivity index (χ0v) is 16.8. The van der Waals surface area contributed by atoms with Gasteiger partial charge in [0, 0.05) is 6.42 Å². The quantitative estimate of drug-likeness (QED) is 0.724. The normalized spacial score (nSPS) is 12.1. The van der Waals surface area contributed by atoms with Gasteiger partial charge in [-0.1, -0.05) is 12.1 Å². The van der Waals surface area contributed by atoms with Gasteiger partial charge in [-0.25, -0.2) is 9.59 Å². The zero-order valence-electron chi connectivity index (χ0n) is 16.0. The van der Waals surface area contributed by atoms with Crippen LogP contribution >= 0.6 is 11.3 Å². The molecule has 0 radical (unpaired) electrons. The van der Waals surface area contributed by atoms with Crippen molar-refractivity contribution in [2.75, 3.05) is 7.11 Å². The monoisotopic (exact) mass is 391 g/mol. The van der Waals surface area contributed by atoms with Crippen molar-refractivity contribution in [2.24, 2.45) is 0 Å². The van der Waals surface area contributed by atoms with E-state index in [1.165, 1.54) is 7.11 Å². The highest BCUT2D eigenvalue weighted by Gasteiger charge is 2.25. The topological polar surface area (TPSA) is 73.9 Å². The number of carbonyl (C=O) groups is 2. The van der Waals surface area contributed by atoms with Gasteiger partial charge in [0.15, 0.2) is 0 Å². The summed E-state index contributed by atoms with van der Waals surface area (Å²) in [6.07, 6.45) is -0.370. The predicted octanol–water partition coefficient (Wildman–Crippen LogP) is 3.94. The first kappa shape index (κ1) is 20.8. The van der Waals surface area contributed by atoms with Crippen molar-refractivity contribution in [3.63, 3.8) is 0 Å². The Morgan fingerprint density at radius 1 is 1.11 bits per heavy atom. The molecule has 2 aromatic rings. The van der Waals surface area contributed by atoms with E-state index < -0.39 is 23.7 Å². The number of carbonyl (C=O) groups excluding carboxylic acids is 2. The van der Waals surface area contributed by atoms with Crippen molar-refractivity contribution < 1.29 is 23.8 Å². The van der Waals surface area contributed by atoms with Crippen LogP contribution in [0.15, 0.2) is 41.1 Å². The van der Waals surface area contributed by atoms with Crippen molar-refractivity contribution in [2.45, 2.75) is 45.4 Å². The van der Waals surface area contributed by atoms with Gasteiger partial charge in [-0.2, -0.15) is 11.3 Å². The van der Waals surface area contributed by atoms with E-state index in [4.69, 9.17) is 14.2 Å². The molecule has 1 aromatic carbocycles. The van der Waals surface area contributed by atoms with Crippen LogP contribution in [0, 0.1) is 0 Å². The van der Waals surface area contributed by atoms with E-state index >= 15 is 0 Å². The van der Waals surface area contributed by atoms with Gasteiger partial charge in [0.2, 0.25) is 0 Å². The fourth-order valence-electron chi connectivity index (χ4n) is 2.28. The van der Waals surface area contributed by atoms with E-state index in [0.717, 1.165) is 16.9 Å². The summed E-state index contributed by atoms with van der Waals surface area (Å²) < 4.78 is 15.7. The second kappa shape index (κ2) is 9.41. The van der Waals surface area contributed by atoms with Gasteiger partial charge in [0.25, 0.3) is 0 Å². The SMILES string of the molecule is COC(=O)[C@H](Cc1ccc(OCc2ccsc2)cc1)NC(=O)OC(C)(C)C. The fourth-order valence-corrected chi connectivity index (χ4v) is 2.94. The Morgan fingerprint density at radius 3 is 2.37 bits per heavy atom. The third-order valence-corrected chi connectivity index (χ3v) is 4.26. The average molecular weight is 391 g/mol. The molecule has 0 fully saturated rings. The molecule has 0 saturated carbocycles. The highest BCUT2D eigenvalue weighted by Crippen LogP contribution is 2.17. The molecule has 1 aromatic heterocycles. The molecule has 1 heterocycles. The lowest BCUT2D eigenvalue weighted by Crippen LogP contribution is -2.45. The van der Waals surface area contributed by atoms with Gasteiger partial charge in [0.05, 0.1) is 7.11 Å². The number of nitrogens with one attached hydrogen (secondary N) is 1. The smallest absolute Gasteiger partial charge is 0.408 e. The number of amides is 1. The van der Waals surface area contributed by atoms with Gasteiger partial charge in [-0.05, 0) is 60.9 Å². The minimum absolute atomic E-state index is 0.288. The molecule has 7 heteroatoms. The van der Waals surface area contributed by atoms with Crippen LogP contribution in [0.3, 0.4) is 0 Å². The molecule has 0 saturated heterocycles. The number of alkyl carbamates (subject to hydrolysis) is 1. The Morgan fingerprint density at radius 2 is 1.81 bits per heavy atom. The van der Waals surface area contributed by atoms with Crippen molar-refractivity contribution >= 4 is 23.4 Å². The molecule has 1 atom stereocenters. The minimum atomic E-state index is -0.831. The van der Waals surface area contributed by atoms with Crippen LogP contribution in [0.1, 0.15) is 31.9 Å². The van der Waals surface area contributed by atoms with Crippen molar-refractivity contribution in [3.8, 4) is 5.75 Å². The number of hydrogen-bond donors (Lipinski definition) is 1. The van der Waals surface area contributed by atoms with Crippen LogP contribution in [-0.4, -0.2) is 30.8 Å². The summed E-state index contributed by atoms with van der Waals surface area (Å²) in [5, 5.41) is 6.61. The van der Waals surface area contributed by atoms with Gasteiger partial charge in [-0.3, -0.25) is 0 Å². The van der Waals surface area contributed by atoms with Crippen LogP contribution in [0.4, 0.5) is 4.79 Å². The summed E-state index contributed by atoms with van der Waals surface area (Å²) in [7, 11) is 1.29. The Balaban J connectivity index is 1.95. The molecule has 1 amide bonds. The molecule has 0 aliphatic carbocycles. The molecule has 146 valence electrons. The van der Waals surface area contributed by atoms with Crippen molar-refractivity contribution in [1.82, 2.24) is 5.32 Å². The standard InChI is InChI=1S/C20H25NO5S/c1-20(2,3)26-19(23)21-17(18(22)24-4)11-14-5-7-16(8-6-14)25-12-15-9-10-27-13-15/h5-10,13,17H,11-12H2,1-4H3,(H,21,23)/t17-/m0/s1. The summed E-state index contributed by atoms with van der Waals surface area (Å²) in [4.78, 5) is 24.0. The van der Waals surface area contributed by atoms with E-state index in [1.807, 2.05) is 41.1 Å². The van der Waals surface area contributed by atoms with Gasteiger partial charge in [-0.15, -0.1) is 0 Å². The predicted molar refractivity (Wildman–Crippen MR) is 104 cm³/mol. The lowest BCUT2D eigenvalue weighted by atomic mass is 10.1. The van der Waals surface area contributed by atoms with E-state index in [1.54, 1.807) is 32.1 Å². The first-order valence-electron chi connectivity index (χ1n) is 8.57. The number of benzene rings is 1. The molecular formula is C20H25NO5S. The van der Waals surface area contributed by atoms with E-state index in [2.05, 4.69) is 5.32 Å². The Hall–Kier alpha value is -2.54. The molecule has 0 spiro atoms. The fraction of sp³-hybridized carbons (Fsp3) is 0.400. The lowest BCUT2D eigenvalue weighted by Gasteiger charge is -2.22. The molecule has 2 rings (SSSR count). The molecule has 6 nitrogen and oxygen atoms in total. The third-order valence-electron chi connectivity index (χ3n) is 3.53. The molecule has 0 bridgehead atoms. The molecule has 27 heavy (non-hydrogen) atoms. The second-order valence-electron chi connectivity index (χ2n) is 6.99. The Labute approximate surface area is 163 Å². The average Bonchev–Trinajstić information content (AvgIpc) is 3.11. The zero-order chi connectivity index (χ0) is 19.9. The van der Waals surface area contributed by atoms with Crippen LogP contribution in [-0.2, 0) is 27.3 Å². The molecule has 0 aliphatic heterocycles. The van der Waals surface area contributed by atoms with Crippen molar-refractivity contribution in [1.29, 1.82) is 0 Å². The number of ether oxygens (including phenoxy) is 3. The molecule has 0 aliphatic rings. The van der Waals surface area contributed by atoms with Crippen LogP contribution < -0.4 is 10.1 Å². The lowest BCUT2D eigenvalue weighted by molar-refractivity contribution is -0.143. The maximum Gasteiger partial charge on any atom is 0.408 e. The summed E-state index contributed by atoms with van der Waals surface area (Å²) in [6.45, 7) is 5.78. The highest BCUT2D eigenvalue weighted by atomic mass is 32.1. The minimum Gasteiger partial charge on any atom is -0.489 e. The Bertz CT molecular complexity index is 735. The third kappa shape index (κ3) is 7.30. The van der Waals surface area contributed by atoms with Gasteiger partial charge >= 0.3 is 12.1 Å². The van der Waals surface area contributed by atoms with E-state index in [-0.39, 0.29) is 6.42 Å². The first-order chi connectivity index (χ1) is 12.8. The summed E-state index contributed by atoms with van der Waals surface area (Å²) >= 11 is 1.63. The maximum absolute atomic E-state index is 12.0. The van der Waals surface area contributed by atoms with E-state index in [9.17, 15) is 9.59 Å². The molecule has 1 N–H and O–H groups in total. The number of methoxy groups -OCH3 is 1. The van der Waals surface area contributed by atoms with Crippen molar-refractivity contribution in [3.05, 3.63) is 52.2 Å². The van der Waals surface area contributed by atoms with Gasteiger partial charge < -0.3 is 19.5 Å². The van der Waals surface area contributed by atoms with Crippen LogP contribution in [0.5, 0.6) is 5.75 Å². The molecule has 0 unspecified atom stereocenters. The van der Waals surface area contributed by atoms with Gasteiger partial charge in [0.1, 0.15) is 24.0 Å². The van der Waals surface area contributed by atoms with Crippen LogP contribution in [0.25, 0.3) is 0 Å². The number of hydrogen-bond acceptors (Lipinski definition) is 6. The number of thiophene rings is 1. The number of rotatable bonds is 7. The summed E-state index contributed by atoms with van der Waals surface area (Å²) in [5.74, 6) is 0.207. The highest BCUT2D eigenvalue weighted by molar-refractivity contribution is 7.07. The maximum atomic E-state index is 12.0. The number of esters is 1. The second-order valence-corrected chi connectivity index (χ2v) is 7.77. The largest absolute Gasteiger partial charge is 0.489 e. The summed E-state index contributed by atoms with van der Waals surface area (Å²) in [5.41, 5.74) is 1.34. The van der Waals surface area contributed by atoms with E-state index in [0.29, 0.717) is 6.61 Å². The first-order valence-corrected chi connectivity index (χ1v) is 9.51. The summed E-state index contributed by atoms with van der Waals surface area (Å²) in [6, 6.07) is 8.57. The van der Waals surface area contributed by atoms with Crippen LogP contribution in [0.2, 0.25) is 0 Å². The molecular weight excluding hydrogens is 366 g/mol.